The van der Waals surface area contributed by atoms with Crippen LogP contribution >= 0.6 is 11.3 Å². The van der Waals surface area contributed by atoms with Crippen molar-refractivity contribution in [1.82, 2.24) is 15.0 Å². The van der Waals surface area contributed by atoms with E-state index in [1.165, 1.54) is 0 Å². The third-order valence-corrected chi connectivity index (χ3v) is 3.50. The van der Waals surface area contributed by atoms with E-state index in [0.29, 0.717) is 12.6 Å². The van der Waals surface area contributed by atoms with E-state index in [1.807, 2.05) is 42.6 Å². The van der Waals surface area contributed by atoms with Crippen LogP contribution in [-0.2, 0) is 0 Å². The second-order valence-corrected chi connectivity index (χ2v) is 5.08. The number of ether oxygens (including phenoxy) is 1. The van der Waals surface area contributed by atoms with Crippen LogP contribution in [0.5, 0.6) is 5.75 Å². The molecule has 5 nitrogen and oxygen atoms in total. The highest BCUT2D eigenvalue weighted by molar-refractivity contribution is 7.13. The maximum absolute atomic E-state index is 5.48. The van der Waals surface area contributed by atoms with Gasteiger partial charge in [-0.1, -0.05) is 6.07 Å². The fraction of sp³-hybridized carbons (Fsp3) is 0.133. The van der Waals surface area contributed by atoms with E-state index in [0.717, 1.165) is 22.1 Å². The average Bonchev–Trinajstić information content (AvgIpc) is 3.03. The molecular weight excluding hydrogens is 284 g/mol. The summed E-state index contributed by atoms with van der Waals surface area (Å²) in [6.07, 6.45) is 3.49. The Labute approximate surface area is 126 Å². The van der Waals surface area contributed by atoms with Crippen LogP contribution in [-0.4, -0.2) is 21.6 Å². The zero-order valence-electron chi connectivity index (χ0n) is 11.5. The number of thiazole rings is 1. The Bertz CT molecular complexity index is 715. The number of aromatic nitrogens is 3. The Kier molecular flexibility index (Phi) is 4.07. The predicted octanol–water partition coefficient (Wildman–Crippen LogP) is 3.74. The van der Waals surface area contributed by atoms with Crippen LogP contribution in [0.25, 0.3) is 10.7 Å². The van der Waals surface area contributed by atoms with Crippen LogP contribution < -0.4 is 10.1 Å². The molecule has 0 fully saturated rings. The van der Waals surface area contributed by atoms with Crippen LogP contribution in [0, 0.1) is 0 Å². The number of nitrogens with one attached hydrogen (secondary N) is 1. The highest BCUT2D eigenvalue weighted by atomic mass is 32.1. The molecule has 2 heterocycles. The van der Waals surface area contributed by atoms with Gasteiger partial charge in [0.1, 0.15) is 16.5 Å². The molecule has 0 amide bonds. The van der Waals surface area contributed by atoms with Crippen LogP contribution in [0.3, 0.4) is 0 Å². The molecular formula is C15H14N4OS. The standard InChI is InChI=1S/C15H14N4OS/c1-2-20-12-5-3-4-11(10-12)18-15-17-7-6-13(19-15)14-16-8-9-21-14/h3-10H,2H2,1H3,(H,17,18,19). The Morgan fingerprint density at radius 3 is 2.95 bits per heavy atom. The fourth-order valence-electron chi connectivity index (χ4n) is 1.85. The van der Waals surface area contributed by atoms with Crippen LogP contribution in [0.4, 0.5) is 11.6 Å². The lowest BCUT2D eigenvalue weighted by Crippen LogP contribution is -1.98. The summed E-state index contributed by atoms with van der Waals surface area (Å²) >= 11 is 1.55. The summed E-state index contributed by atoms with van der Waals surface area (Å²) < 4.78 is 5.48. The Morgan fingerprint density at radius 2 is 2.14 bits per heavy atom. The van der Waals surface area contributed by atoms with Gasteiger partial charge in [0, 0.05) is 29.5 Å². The first kappa shape index (κ1) is 13.5. The van der Waals surface area contributed by atoms with Gasteiger partial charge in [0.15, 0.2) is 0 Å². The highest BCUT2D eigenvalue weighted by Crippen LogP contribution is 2.23. The van der Waals surface area contributed by atoms with Gasteiger partial charge in [0.2, 0.25) is 5.95 Å². The molecule has 0 unspecified atom stereocenters. The molecule has 0 bridgehead atoms. The fourth-order valence-corrected chi connectivity index (χ4v) is 2.45. The molecule has 0 saturated heterocycles. The molecule has 21 heavy (non-hydrogen) atoms. The van der Waals surface area contributed by atoms with Crippen LogP contribution in [0.2, 0.25) is 0 Å². The highest BCUT2D eigenvalue weighted by Gasteiger charge is 2.05. The van der Waals surface area contributed by atoms with E-state index in [4.69, 9.17) is 4.74 Å². The summed E-state index contributed by atoms with van der Waals surface area (Å²) in [7, 11) is 0. The molecule has 1 N–H and O–H groups in total. The maximum Gasteiger partial charge on any atom is 0.227 e. The smallest absolute Gasteiger partial charge is 0.227 e. The van der Waals surface area contributed by atoms with Crippen molar-refractivity contribution in [2.45, 2.75) is 6.92 Å². The molecule has 1 aromatic carbocycles. The van der Waals surface area contributed by atoms with Crippen LogP contribution in [0.15, 0.2) is 48.1 Å². The Morgan fingerprint density at radius 1 is 1.19 bits per heavy atom. The first-order valence-corrected chi connectivity index (χ1v) is 7.46. The second kappa shape index (κ2) is 6.32. The van der Waals surface area contributed by atoms with Crippen molar-refractivity contribution < 1.29 is 4.74 Å². The van der Waals surface area contributed by atoms with Crippen molar-refractivity contribution >= 4 is 23.0 Å². The van der Waals surface area contributed by atoms with E-state index in [9.17, 15) is 0 Å². The molecule has 0 spiro atoms. The third kappa shape index (κ3) is 3.35. The number of hydrogen-bond donors (Lipinski definition) is 1. The van der Waals surface area contributed by atoms with Gasteiger partial charge >= 0.3 is 0 Å². The summed E-state index contributed by atoms with van der Waals surface area (Å²) in [6.45, 7) is 2.60. The first-order valence-electron chi connectivity index (χ1n) is 6.58. The summed E-state index contributed by atoms with van der Waals surface area (Å²) in [5, 5.41) is 5.98. The molecule has 106 valence electrons. The van der Waals surface area contributed by atoms with Crippen molar-refractivity contribution in [3.8, 4) is 16.5 Å². The quantitative estimate of drug-likeness (QED) is 0.777. The minimum atomic E-state index is 0.538. The van der Waals surface area contributed by atoms with Crippen molar-refractivity contribution in [1.29, 1.82) is 0 Å². The van der Waals surface area contributed by atoms with Crippen molar-refractivity contribution in [2.75, 3.05) is 11.9 Å². The van der Waals surface area contributed by atoms with E-state index >= 15 is 0 Å². The Balaban J connectivity index is 1.82. The van der Waals surface area contributed by atoms with Gasteiger partial charge in [0.05, 0.1) is 6.61 Å². The third-order valence-electron chi connectivity index (χ3n) is 2.71. The number of anilines is 2. The number of hydrogen-bond acceptors (Lipinski definition) is 6. The molecule has 0 aliphatic rings. The molecule has 2 aromatic heterocycles. The molecule has 6 heteroatoms. The van der Waals surface area contributed by atoms with Gasteiger partial charge in [-0.2, -0.15) is 0 Å². The topological polar surface area (TPSA) is 59.9 Å². The zero-order valence-corrected chi connectivity index (χ0v) is 12.3. The molecule has 0 atom stereocenters. The summed E-state index contributed by atoms with van der Waals surface area (Å²) in [5.41, 5.74) is 1.70. The second-order valence-electron chi connectivity index (χ2n) is 4.19. The lowest BCUT2D eigenvalue weighted by Gasteiger charge is -2.08. The number of benzene rings is 1. The monoisotopic (exact) mass is 298 g/mol. The first-order chi connectivity index (χ1) is 10.3. The van der Waals surface area contributed by atoms with Gasteiger partial charge < -0.3 is 10.1 Å². The minimum absolute atomic E-state index is 0.538. The molecule has 0 radical (unpaired) electrons. The largest absolute Gasteiger partial charge is 0.494 e. The molecule has 0 aliphatic carbocycles. The van der Waals surface area contributed by atoms with E-state index < -0.39 is 0 Å². The van der Waals surface area contributed by atoms with Gasteiger partial charge in [0.25, 0.3) is 0 Å². The summed E-state index contributed by atoms with van der Waals surface area (Å²) in [6, 6.07) is 9.56. The van der Waals surface area contributed by atoms with Crippen molar-refractivity contribution in [3.63, 3.8) is 0 Å². The van der Waals surface area contributed by atoms with Crippen LogP contribution in [0.1, 0.15) is 6.92 Å². The Hall–Kier alpha value is -2.47. The minimum Gasteiger partial charge on any atom is -0.494 e. The predicted molar refractivity (Wildman–Crippen MR) is 84.0 cm³/mol. The molecule has 0 aliphatic heterocycles. The molecule has 3 rings (SSSR count). The number of nitrogens with zero attached hydrogens (tertiary/aromatic N) is 3. The average molecular weight is 298 g/mol. The lowest BCUT2D eigenvalue weighted by molar-refractivity contribution is 0.340. The summed E-state index contributed by atoms with van der Waals surface area (Å²) in [5.74, 6) is 1.36. The van der Waals surface area contributed by atoms with E-state index in [-0.39, 0.29) is 0 Å². The molecule has 3 aromatic rings. The normalized spacial score (nSPS) is 10.3. The lowest BCUT2D eigenvalue weighted by atomic mass is 10.3. The SMILES string of the molecule is CCOc1cccc(Nc2nccc(-c3nccs3)n2)c1. The molecule has 0 saturated carbocycles. The van der Waals surface area contributed by atoms with Crippen molar-refractivity contribution in [3.05, 3.63) is 48.1 Å². The summed E-state index contributed by atoms with van der Waals surface area (Å²) in [4.78, 5) is 13.0. The van der Waals surface area contributed by atoms with E-state index in [1.54, 1.807) is 23.7 Å². The van der Waals surface area contributed by atoms with Crippen molar-refractivity contribution in [2.24, 2.45) is 0 Å². The van der Waals surface area contributed by atoms with Gasteiger partial charge in [-0.25, -0.2) is 15.0 Å². The van der Waals surface area contributed by atoms with Gasteiger partial charge in [-0.3, -0.25) is 0 Å². The zero-order chi connectivity index (χ0) is 14.5. The maximum atomic E-state index is 5.48. The number of rotatable bonds is 5. The van der Waals surface area contributed by atoms with Gasteiger partial charge in [-0.15, -0.1) is 11.3 Å². The van der Waals surface area contributed by atoms with Gasteiger partial charge in [-0.05, 0) is 25.1 Å². The van der Waals surface area contributed by atoms with E-state index in [2.05, 4.69) is 20.3 Å².